The lowest BCUT2D eigenvalue weighted by Crippen LogP contribution is -2.04. The zero-order chi connectivity index (χ0) is 15.6. The van der Waals surface area contributed by atoms with E-state index in [0.717, 1.165) is 12.1 Å². The Labute approximate surface area is 120 Å². The summed E-state index contributed by atoms with van der Waals surface area (Å²) in [5.41, 5.74) is 0.251. The van der Waals surface area contributed by atoms with Gasteiger partial charge in [-0.15, -0.1) is 0 Å². The van der Waals surface area contributed by atoms with Gasteiger partial charge in [0.25, 0.3) is 11.3 Å². The van der Waals surface area contributed by atoms with Gasteiger partial charge in [0.1, 0.15) is 5.75 Å². The van der Waals surface area contributed by atoms with Gasteiger partial charge in [-0.3, -0.25) is 9.27 Å². The fourth-order valence-electron chi connectivity index (χ4n) is 1.74. The highest BCUT2D eigenvalue weighted by molar-refractivity contribution is 7.80. The van der Waals surface area contributed by atoms with Crippen LogP contribution in [0.1, 0.15) is 5.56 Å². The molecular formula is C13H10F3NO3S. The molecule has 0 fully saturated rings. The summed E-state index contributed by atoms with van der Waals surface area (Å²) in [5, 5.41) is 9.70. The third-order valence-electron chi connectivity index (χ3n) is 2.74. The molecule has 2 aromatic rings. The molecule has 8 heteroatoms. The van der Waals surface area contributed by atoms with Gasteiger partial charge in [0.15, 0.2) is 0 Å². The number of benzene rings is 2. The lowest BCUT2D eigenvalue weighted by molar-refractivity contribution is -0.137. The van der Waals surface area contributed by atoms with Crippen molar-refractivity contribution in [1.29, 1.82) is 0 Å². The molecule has 2 aromatic carbocycles. The summed E-state index contributed by atoms with van der Waals surface area (Å²) >= 11 is -2.33. The highest BCUT2D eigenvalue weighted by Gasteiger charge is 2.29. The summed E-state index contributed by atoms with van der Waals surface area (Å²) in [7, 11) is 0. The number of phenols is 1. The molecule has 0 saturated carbocycles. The van der Waals surface area contributed by atoms with Crippen LogP contribution in [-0.2, 0) is 17.4 Å². The number of hydrogen-bond donors (Lipinski definition) is 3. The summed E-state index contributed by atoms with van der Waals surface area (Å²) in [6.07, 6.45) is -4.40. The van der Waals surface area contributed by atoms with E-state index in [4.69, 9.17) is 4.55 Å². The Hall–Kier alpha value is -2.06. The number of halogens is 3. The minimum Gasteiger partial charge on any atom is -0.506 e. The first kappa shape index (κ1) is 15.3. The molecule has 4 nitrogen and oxygen atoms in total. The summed E-state index contributed by atoms with van der Waals surface area (Å²) in [6, 6.07) is 8.62. The van der Waals surface area contributed by atoms with E-state index in [0.29, 0.717) is 11.1 Å². The van der Waals surface area contributed by atoms with Crippen LogP contribution in [0.15, 0.2) is 42.5 Å². The van der Waals surface area contributed by atoms with E-state index in [1.165, 1.54) is 30.3 Å². The normalized spacial score (nSPS) is 13.0. The van der Waals surface area contributed by atoms with Crippen molar-refractivity contribution in [3.05, 3.63) is 48.0 Å². The summed E-state index contributed by atoms with van der Waals surface area (Å²) < 4.78 is 58.7. The molecule has 0 aliphatic rings. The second-order valence-electron chi connectivity index (χ2n) is 4.16. The summed E-state index contributed by atoms with van der Waals surface area (Å²) in [5.74, 6) is -0.283. The monoisotopic (exact) mass is 317 g/mol. The molecule has 0 aliphatic carbocycles. The minimum absolute atomic E-state index is 0.0477. The largest absolute Gasteiger partial charge is 0.506 e. The lowest BCUT2D eigenvalue weighted by Gasteiger charge is -2.09. The summed E-state index contributed by atoms with van der Waals surface area (Å²) in [6.45, 7) is 0. The zero-order valence-corrected chi connectivity index (χ0v) is 11.2. The molecule has 1 atom stereocenters. The molecular weight excluding hydrogens is 307 g/mol. The maximum absolute atomic E-state index is 12.5. The average molecular weight is 317 g/mol. The fourth-order valence-corrected chi connectivity index (χ4v) is 2.10. The smallest absolute Gasteiger partial charge is 0.416 e. The Kier molecular flexibility index (Phi) is 4.19. The topological polar surface area (TPSA) is 69.6 Å². The third-order valence-corrected chi connectivity index (χ3v) is 3.14. The molecule has 0 saturated heterocycles. The highest BCUT2D eigenvalue weighted by Crippen LogP contribution is 2.33. The van der Waals surface area contributed by atoms with Gasteiger partial charge in [0, 0.05) is 0 Å². The molecule has 21 heavy (non-hydrogen) atoms. The van der Waals surface area contributed by atoms with Crippen LogP contribution in [0.25, 0.3) is 11.1 Å². The number of rotatable bonds is 3. The fraction of sp³-hybridized carbons (Fsp3) is 0.0769. The molecule has 0 aliphatic heterocycles. The van der Waals surface area contributed by atoms with Crippen LogP contribution in [0.3, 0.4) is 0 Å². The van der Waals surface area contributed by atoms with Gasteiger partial charge < -0.3 is 5.11 Å². The molecule has 0 radical (unpaired) electrons. The molecule has 3 N–H and O–H groups in total. The Morgan fingerprint density at radius 2 is 1.57 bits per heavy atom. The predicted octanol–water partition coefficient (Wildman–Crippen LogP) is 3.63. The maximum atomic E-state index is 12.5. The molecule has 0 bridgehead atoms. The van der Waals surface area contributed by atoms with Crippen molar-refractivity contribution >= 4 is 17.0 Å². The summed E-state index contributed by atoms with van der Waals surface area (Å²) in [4.78, 5) is 0. The van der Waals surface area contributed by atoms with Crippen LogP contribution in [0.2, 0.25) is 0 Å². The highest BCUT2D eigenvalue weighted by atomic mass is 32.2. The van der Waals surface area contributed by atoms with Crippen molar-refractivity contribution in [2.24, 2.45) is 0 Å². The van der Waals surface area contributed by atoms with E-state index in [1.807, 2.05) is 0 Å². The van der Waals surface area contributed by atoms with Crippen LogP contribution in [0.4, 0.5) is 18.9 Å². The second-order valence-corrected chi connectivity index (χ2v) is 4.86. The van der Waals surface area contributed by atoms with E-state index >= 15 is 0 Å². The van der Waals surface area contributed by atoms with Crippen molar-refractivity contribution < 1.29 is 27.0 Å². The first-order valence-electron chi connectivity index (χ1n) is 5.65. The van der Waals surface area contributed by atoms with Gasteiger partial charge in [-0.2, -0.15) is 13.2 Å². The maximum Gasteiger partial charge on any atom is 0.416 e. The van der Waals surface area contributed by atoms with Gasteiger partial charge in [-0.1, -0.05) is 18.2 Å². The number of phenolic OH excluding ortho intramolecular Hbond substituents is 1. The molecule has 2 rings (SSSR count). The van der Waals surface area contributed by atoms with E-state index in [9.17, 15) is 22.5 Å². The van der Waals surface area contributed by atoms with Crippen molar-refractivity contribution in [3.8, 4) is 16.9 Å². The van der Waals surface area contributed by atoms with E-state index in [-0.39, 0.29) is 11.4 Å². The van der Waals surface area contributed by atoms with Crippen LogP contribution < -0.4 is 4.72 Å². The van der Waals surface area contributed by atoms with Gasteiger partial charge in [-0.25, -0.2) is 4.21 Å². The van der Waals surface area contributed by atoms with Crippen LogP contribution in [0.5, 0.6) is 5.75 Å². The van der Waals surface area contributed by atoms with Crippen LogP contribution in [-0.4, -0.2) is 13.9 Å². The third kappa shape index (κ3) is 3.73. The van der Waals surface area contributed by atoms with Crippen LogP contribution in [0, 0.1) is 0 Å². The second kappa shape index (κ2) is 5.74. The van der Waals surface area contributed by atoms with Gasteiger partial charge in [-0.05, 0) is 35.4 Å². The first-order chi connectivity index (χ1) is 9.77. The average Bonchev–Trinajstić information content (AvgIpc) is 2.40. The minimum atomic E-state index is -4.40. The number of nitrogens with one attached hydrogen (secondary N) is 1. The number of alkyl halides is 3. The first-order valence-corrected chi connectivity index (χ1v) is 6.76. The Bertz CT molecular complexity index is 671. The zero-order valence-electron chi connectivity index (χ0n) is 10.4. The van der Waals surface area contributed by atoms with Gasteiger partial charge in [0.05, 0.1) is 11.3 Å². The number of anilines is 1. The van der Waals surface area contributed by atoms with E-state index in [2.05, 4.69) is 4.72 Å². The molecule has 0 spiro atoms. The quantitative estimate of drug-likeness (QED) is 0.598. The molecule has 0 heterocycles. The number of hydrogen-bond acceptors (Lipinski definition) is 2. The Morgan fingerprint density at radius 1 is 1.00 bits per heavy atom. The van der Waals surface area contributed by atoms with Crippen LogP contribution >= 0.6 is 0 Å². The Balaban J connectivity index is 2.30. The SMILES string of the molecule is O=S(O)Nc1ccc(-c2ccc(C(F)(F)F)cc2)cc1O. The van der Waals surface area contributed by atoms with Gasteiger partial charge in [0.2, 0.25) is 0 Å². The van der Waals surface area contributed by atoms with E-state index in [1.54, 1.807) is 0 Å². The molecule has 0 amide bonds. The predicted molar refractivity (Wildman–Crippen MR) is 72.9 cm³/mol. The standard InChI is InChI=1S/C13H10F3NO3S/c14-13(15,16)10-4-1-8(2-5-10)9-3-6-11(12(18)7-9)17-21(19)20/h1-7,17-18H,(H,19,20). The number of aromatic hydroxyl groups is 1. The van der Waals surface area contributed by atoms with Crippen molar-refractivity contribution in [1.82, 2.24) is 0 Å². The molecule has 1 unspecified atom stereocenters. The van der Waals surface area contributed by atoms with Crippen molar-refractivity contribution in [2.45, 2.75) is 6.18 Å². The molecule has 112 valence electrons. The Morgan fingerprint density at radius 3 is 2.05 bits per heavy atom. The van der Waals surface area contributed by atoms with Gasteiger partial charge >= 0.3 is 6.18 Å². The van der Waals surface area contributed by atoms with Crippen molar-refractivity contribution in [2.75, 3.05) is 4.72 Å². The van der Waals surface area contributed by atoms with Crippen molar-refractivity contribution in [3.63, 3.8) is 0 Å². The lowest BCUT2D eigenvalue weighted by atomic mass is 10.0. The van der Waals surface area contributed by atoms with E-state index < -0.39 is 23.0 Å². The molecule has 0 aromatic heterocycles.